The lowest BCUT2D eigenvalue weighted by Gasteiger charge is -2.04. The Kier molecular flexibility index (Phi) is 2.64. The number of benzene rings is 2. The molecule has 3 aromatic rings. The molecule has 0 aliphatic rings. The summed E-state index contributed by atoms with van der Waals surface area (Å²) in [5.41, 5.74) is 0.860. The zero-order valence-corrected chi connectivity index (χ0v) is 11.0. The van der Waals surface area contributed by atoms with Crippen molar-refractivity contribution in [1.82, 2.24) is 4.98 Å². The quantitative estimate of drug-likeness (QED) is 0.720. The summed E-state index contributed by atoms with van der Waals surface area (Å²) in [5, 5.41) is 0. The van der Waals surface area contributed by atoms with Gasteiger partial charge in [-0.3, -0.25) is 0 Å². The molecule has 0 N–H and O–H groups in total. The normalized spacial score (nSPS) is 11.8. The highest BCUT2D eigenvalue weighted by Gasteiger charge is 2.22. The molecule has 0 fully saturated rings. The highest BCUT2D eigenvalue weighted by Crippen LogP contribution is 2.28. The van der Waals surface area contributed by atoms with Gasteiger partial charge >= 0.3 is 0 Å². The zero-order chi connectivity index (χ0) is 13.5. The molecule has 2 aromatic carbocycles. The standard InChI is InChI=1S/C14H11NO3S/c1-10-15-14-12(18-10)8-5-9-13(14)19(16,17)11-6-3-2-4-7-11/h2-9H,1H3. The number of aromatic nitrogens is 1. The van der Waals surface area contributed by atoms with E-state index in [2.05, 4.69) is 4.98 Å². The van der Waals surface area contributed by atoms with E-state index in [9.17, 15) is 8.42 Å². The second-order valence-corrected chi connectivity index (χ2v) is 6.07. The first kappa shape index (κ1) is 11.9. The molecule has 1 heterocycles. The molecule has 4 nitrogen and oxygen atoms in total. The van der Waals surface area contributed by atoms with Gasteiger partial charge in [-0.05, 0) is 24.3 Å². The van der Waals surface area contributed by atoms with E-state index in [1.54, 1.807) is 55.5 Å². The van der Waals surface area contributed by atoms with Crippen molar-refractivity contribution in [2.45, 2.75) is 16.7 Å². The molecule has 0 aliphatic heterocycles. The van der Waals surface area contributed by atoms with Crippen LogP contribution in [-0.4, -0.2) is 13.4 Å². The van der Waals surface area contributed by atoms with Gasteiger partial charge in [0.05, 0.1) is 4.90 Å². The maximum atomic E-state index is 12.6. The van der Waals surface area contributed by atoms with Crippen LogP contribution in [0.15, 0.2) is 62.7 Å². The van der Waals surface area contributed by atoms with E-state index in [1.165, 1.54) is 0 Å². The number of nitrogens with zero attached hydrogens (tertiary/aromatic N) is 1. The molecule has 5 heteroatoms. The Morgan fingerprint density at radius 1 is 1.00 bits per heavy atom. The monoisotopic (exact) mass is 273 g/mol. The molecule has 0 bridgehead atoms. The van der Waals surface area contributed by atoms with Crippen molar-refractivity contribution in [1.29, 1.82) is 0 Å². The average Bonchev–Trinajstić information content (AvgIpc) is 2.79. The van der Waals surface area contributed by atoms with Crippen LogP contribution in [0.4, 0.5) is 0 Å². The van der Waals surface area contributed by atoms with Crippen LogP contribution in [0, 0.1) is 6.92 Å². The van der Waals surface area contributed by atoms with Crippen molar-refractivity contribution in [3.63, 3.8) is 0 Å². The van der Waals surface area contributed by atoms with Crippen LogP contribution in [-0.2, 0) is 9.84 Å². The van der Waals surface area contributed by atoms with Gasteiger partial charge in [0.1, 0.15) is 10.4 Å². The van der Waals surface area contributed by atoms with Crippen LogP contribution in [0.5, 0.6) is 0 Å². The second-order valence-electron chi connectivity index (χ2n) is 4.15. The highest BCUT2D eigenvalue weighted by atomic mass is 32.2. The van der Waals surface area contributed by atoms with Crippen molar-refractivity contribution in [2.75, 3.05) is 0 Å². The Bertz CT molecular complexity index is 836. The third-order valence-corrected chi connectivity index (χ3v) is 4.63. The summed E-state index contributed by atoms with van der Waals surface area (Å²) >= 11 is 0. The summed E-state index contributed by atoms with van der Waals surface area (Å²) < 4.78 is 30.5. The Hall–Kier alpha value is -2.14. The minimum absolute atomic E-state index is 0.174. The van der Waals surface area contributed by atoms with Crippen molar-refractivity contribution in [3.05, 3.63) is 54.4 Å². The molecule has 0 unspecified atom stereocenters. The van der Waals surface area contributed by atoms with E-state index < -0.39 is 9.84 Å². The van der Waals surface area contributed by atoms with E-state index in [1.807, 2.05) is 0 Å². The fourth-order valence-electron chi connectivity index (χ4n) is 1.98. The van der Waals surface area contributed by atoms with Gasteiger partial charge in [-0.2, -0.15) is 0 Å². The summed E-state index contributed by atoms with van der Waals surface area (Å²) in [5.74, 6) is 0.450. The van der Waals surface area contributed by atoms with Crippen molar-refractivity contribution in [2.24, 2.45) is 0 Å². The number of para-hydroxylation sites is 1. The number of fused-ring (bicyclic) bond motifs is 1. The number of rotatable bonds is 2. The lowest BCUT2D eigenvalue weighted by molar-refractivity contribution is 0.561. The maximum absolute atomic E-state index is 12.6. The molecule has 0 atom stereocenters. The van der Waals surface area contributed by atoms with Gasteiger partial charge in [0.2, 0.25) is 9.84 Å². The van der Waals surface area contributed by atoms with Crippen LogP contribution in [0.3, 0.4) is 0 Å². The molecule has 0 aliphatic carbocycles. The smallest absolute Gasteiger partial charge is 0.208 e. The SMILES string of the molecule is Cc1nc2c(S(=O)(=O)c3ccccc3)cccc2o1. The van der Waals surface area contributed by atoms with Gasteiger partial charge in [-0.25, -0.2) is 13.4 Å². The van der Waals surface area contributed by atoms with Crippen LogP contribution in [0.2, 0.25) is 0 Å². The lowest BCUT2D eigenvalue weighted by atomic mass is 10.3. The summed E-state index contributed by atoms with van der Waals surface area (Å²) in [7, 11) is -3.57. The van der Waals surface area contributed by atoms with Gasteiger partial charge in [0, 0.05) is 6.92 Å². The van der Waals surface area contributed by atoms with Gasteiger partial charge in [-0.15, -0.1) is 0 Å². The predicted octanol–water partition coefficient (Wildman–Crippen LogP) is 2.97. The average molecular weight is 273 g/mol. The Balaban J connectivity index is 2.30. The van der Waals surface area contributed by atoms with Crippen molar-refractivity contribution in [3.8, 4) is 0 Å². The first-order chi connectivity index (χ1) is 9.09. The zero-order valence-electron chi connectivity index (χ0n) is 10.2. The third kappa shape index (κ3) is 1.92. The van der Waals surface area contributed by atoms with Crippen molar-refractivity contribution < 1.29 is 12.8 Å². The summed E-state index contributed by atoms with van der Waals surface area (Å²) in [4.78, 5) is 4.59. The molecule has 0 spiro atoms. The van der Waals surface area contributed by atoms with Gasteiger partial charge in [0.15, 0.2) is 11.5 Å². The predicted molar refractivity (Wildman–Crippen MR) is 70.6 cm³/mol. The highest BCUT2D eigenvalue weighted by molar-refractivity contribution is 7.91. The fraction of sp³-hybridized carbons (Fsp3) is 0.0714. The number of hydrogen-bond acceptors (Lipinski definition) is 4. The van der Waals surface area contributed by atoms with Crippen LogP contribution in [0.1, 0.15) is 5.89 Å². The van der Waals surface area contributed by atoms with Crippen LogP contribution < -0.4 is 0 Å². The summed E-state index contributed by atoms with van der Waals surface area (Å²) in [6, 6.07) is 13.2. The van der Waals surface area contributed by atoms with Gasteiger partial charge < -0.3 is 4.42 Å². The van der Waals surface area contributed by atoms with Crippen LogP contribution >= 0.6 is 0 Å². The molecule has 3 rings (SSSR count). The Labute approximate surface area is 110 Å². The van der Waals surface area contributed by atoms with Crippen LogP contribution in [0.25, 0.3) is 11.1 Å². The maximum Gasteiger partial charge on any atom is 0.208 e. The fourth-order valence-corrected chi connectivity index (χ4v) is 3.41. The molecule has 1 aromatic heterocycles. The van der Waals surface area contributed by atoms with E-state index in [-0.39, 0.29) is 9.79 Å². The Morgan fingerprint density at radius 2 is 1.74 bits per heavy atom. The molecule has 0 radical (unpaired) electrons. The largest absolute Gasteiger partial charge is 0.441 e. The Morgan fingerprint density at radius 3 is 2.47 bits per heavy atom. The first-order valence-corrected chi connectivity index (χ1v) is 7.23. The summed E-state index contributed by atoms with van der Waals surface area (Å²) in [6.45, 7) is 1.69. The minimum Gasteiger partial charge on any atom is -0.441 e. The number of aryl methyl sites for hydroxylation is 1. The van der Waals surface area contributed by atoms with E-state index in [0.717, 1.165) is 0 Å². The minimum atomic E-state index is -3.57. The topological polar surface area (TPSA) is 60.2 Å². The molecule has 96 valence electrons. The van der Waals surface area contributed by atoms with E-state index in [4.69, 9.17) is 4.42 Å². The van der Waals surface area contributed by atoms with E-state index in [0.29, 0.717) is 17.0 Å². The molecular weight excluding hydrogens is 262 g/mol. The van der Waals surface area contributed by atoms with Gasteiger partial charge in [0.25, 0.3) is 0 Å². The second kappa shape index (κ2) is 4.20. The van der Waals surface area contributed by atoms with Crippen molar-refractivity contribution >= 4 is 20.9 Å². The number of sulfone groups is 1. The summed E-state index contributed by atoms with van der Waals surface area (Å²) in [6.07, 6.45) is 0. The number of hydrogen-bond donors (Lipinski definition) is 0. The van der Waals surface area contributed by atoms with E-state index >= 15 is 0 Å². The first-order valence-electron chi connectivity index (χ1n) is 5.75. The molecule has 0 amide bonds. The molecule has 19 heavy (non-hydrogen) atoms. The third-order valence-electron chi connectivity index (χ3n) is 2.83. The number of oxazole rings is 1. The molecular formula is C14H11NO3S. The molecule has 0 saturated heterocycles. The lowest BCUT2D eigenvalue weighted by Crippen LogP contribution is -2.02. The van der Waals surface area contributed by atoms with Gasteiger partial charge in [-0.1, -0.05) is 24.3 Å². The molecule has 0 saturated carbocycles.